The van der Waals surface area contributed by atoms with E-state index >= 15 is 0 Å². The lowest BCUT2D eigenvalue weighted by Crippen LogP contribution is -2.13. The summed E-state index contributed by atoms with van der Waals surface area (Å²) < 4.78 is 10.5. The van der Waals surface area contributed by atoms with Crippen LogP contribution < -0.4 is 10.1 Å². The Morgan fingerprint density at radius 2 is 1.73 bits per heavy atom. The molecule has 2 aromatic rings. The summed E-state index contributed by atoms with van der Waals surface area (Å²) in [4.78, 5) is 11.4. The Morgan fingerprint density at radius 3 is 2.41 bits per heavy atom. The highest BCUT2D eigenvalue weighted by molar-refractivity contribution is 5.85. The van der Waals surface area contributed by atoms with Crippen LogP contribution in [-0.4, -0.2) is 13.2 Å². The Hall–Kier alpha value is -2.49. The number of benzene rings is 2. The summed E-state index contributed by atoms with van der Waals surface area (Å²) in [5.41, 5.74) is 5.01. The Morgan fingerprint density at radius 1 is 1.05 bits per heavy atom. The molecule has 0 atom stereocenters. The van der Waals surface area contributed by atoms with Gasteiger partial charge in [-0.3, -0.25) is 5.32 Å². The molecule has 0 aliphatic heterocycles. The average molecular weight is 299 g/mol. The zero-order valence-electron chi connectivity index (χ0n) is 13.4. The van der Waals surface area contributed by atoms with Crippen LogP contribution in [0.5, 0.6) is 5.75 Å². The molecular weight excluding hydrogens is 278 g/mol. The van der Waals surface area contributed by atoms with Gasteiger partial charge in [-0.1, -0.05) is 35.4 Å². The van der Waals surface area contributed by atoms with Gasteiger partial charge in [0.25, 0.3) is 0 Å². The maximum absolute atomic E-state index is 11.4. The van der Waals surface area contributed by atoms with E-state index in [1.165, 1.54) is 12.7 Å². The van der Waals surface area contributed by atoms with E-state index < -0.39 is 6.09 Å². The van der Waals surface area contributed by atoms with E-state index in [1.807, 2.05) is 44.2 Å². The van der Waals surface area contributed by atoms with Crippen LogP contribution in [0.3, 0.4) is 0 Å². The quantitative estimate of drug-likeness (QED) is 0.912. The largest absolute Gasteiger partial charge is 0.489 e. The molecule has 2 rings (SSSR count). The van der Waals surface area contributed by atoms with Gasteiger partial charge in [0.2, 0.25) is 0 Å². The van der Waals surface area contributed by atoms with Crippen molar-refractivity contribution in [2.75, 3.05) is 12.4 Å². The van der Waals surface area contributed by atoms with E-state index in [2.05, 4.69) is 23.0 Å². The number of aryl methyl sites for hydroxylation is 3. The van der Waals surface area contributed by atoms with E-state index in [-0.39, 0.29) is 0 Å². The minimum atomic E-state index is -0.489. The van der Waals surface area contributed by atoms with Crippen molar-refractivity contribution in [3.8, 4) is 5.75 Å². The van der Waals surface area contributed by atoms with Gasteiger partial charge in [-0.25, -0.2) is 4.79 Å². The summed E-state index contributed by atoms with van der Waals surface area (Å²) in [5, 5.41) is 2.71. The van der Waals surface area contributed by atoms with Crippen LogP contribution in [0.4, 0.5) is 10.5 Å². The summed E-state index contributed by atoms with van der Waals surface area (Å²) in [5.74, 6) is 0.844. The molecule has 0 spiro atoms. The lowest BCUT2D eigenvalue weighted by atomic mass is 10.1. The third-order valence-corrected chi connectivity index (χ3v) is 3.40. The van der Waals surface area contributed by atoms with Crippen molar-refractivity contribution >= 4 is 11.8 Å². The van der Waals surface area contributed by atoms with E-state index in [1.54, 1.807) is 0 Å². The number of carbonyl (C=O) groups is 1. The van der Waals surface area contributed by atoms with E-state index in [0.29, 0.717) is 12.3 Å². The van der Waals surface area contributed by atoms with Crippen LogP contribution in [0, 0.1) is 20.8 Å². The molecule has 22 heavy (non-hydrogen) atoms. The number of hydrogen-bond donors (Lipinski definition) is 1. The van der Waals surface area contributed by atoms with Crippen molar-refractivity contribution in [2.24, 2.45) is 0 Å². The normalized spacial score (nSPS) is 10.2. The van der Waals surface area contributed by atoms with Crippen LogP contribution in [0.25, 0.3) is 0 Å². The lowest BCUT2D eigenvalue weighted by Gasteiger charge is -2.14. The number of methoxy groups -OCH3 is 1. The molecule has 116 valence electrons. The van der Waals surface area contributed by atoms with Crippen LogP contribution in [0.15, 0.2) is 36.4 Å². The van der Waals surface area contributed by atoms with E-state index in [4.69, 9.17) is 4.74 Å². The Bertz CT molecular complexity index is 680. The molecular formula is C18H21NO3. The number of rotatable bonds is 4. The van der Waals surface area contributed by atoms with Crippen LogP contribution in [0.2, 0.25) is 0 Å². The molecule has 0 fully saturated rings. The molecule has 4 heteroatoms. The molecule has 0 aliphatic rings. The fourth-order valence-corrected chi connectivity index (χ4v) is 2.24. The van der Waals surface area contributed by atoms with Crippen LogP contribution >= 0.6 is 0 Å². The average Bonchev–Trinajstić information content (AvgIpc) is 2.48. The molecule has 0 radical (unpaired) electrons. The molecule has 0 saturated carbocycles. The Kier molecular flexibility index (Phi) is 5.04. The summed E-state index contributed by atoms with van der Waals surface area (Å²) in [7, 11) is 1.34. The van der Waals surface area contributed by atoms with Crippen LogP contribution in [0.1, 0.15) is 22.3 Å². The molecule has 0 aromatic heterocycles. The summed E-state index contributed by atoms with van der Waals surface area (Å²) in [6, 6.07) is 11.9. The Labute approximate surface area is 131 Å². The molecule has 0 heterocycles. The second-order valence-corrected chi connectivity index (χ2v) is 5.33. The predicted molar refractivity (Wildman–Crippen MR) is 87.5 cm³/mol. The number of nitrogens with one attached hydrogen (secondary N) is 1. The summed E-state index contributed by atoms with van der Waals surface area (Å²) in [6.45, 7) is 6.45. The van der Waals surface area contributed by atoms with Crippen molar-refractivity contribution in [1.29, 1.82) is 0 Å². The molecule has 0 saturated heterocycles. The zero-order valence-corrected chi connectivity index (χ0v) is 13.4. The molecule has 0 bridgehead atoms. The fourth-order valence-electron chi connectivity index (χ4n) is 2.24. The lowest BCUT2D eigenvalue weighted by molar-refractivity contribution is 0.187. The molecule has 2 aromatic carbocycles. The van der Waals surface area contributed by atoms with Crippen molar-refractivity contribution in [2.45, 2.75) is 27.4 Å². The fraction of sp³-hybridized carbons (Fsp3) is 0.278. The van der Waals surface area contributed by atoms with Crippen molar-refractivity contribution in [3.63, 3.8) is 0 Å². The number of hydrogen-bond acceptors (Lipinski definition) is 3. The third-order valence-electron chi connectivity index (χ3n) is 3.40. The first-order valence-corrected chi connectivity index (χ1v) is 7.14. The number of anilines is 1. The highest BCUT2D eigenvalue weighted by Gasteiger charge is 2.09. The first kappa shape index (κ1) is 15.9. The van der Waals surface area contributed by atoms with Gasteiger partial charge in [0, 0.05) is 5.56 Å². The van der Waals surface area contributed by atoms with Crippen molar-refractivity contribution in [1.82, 2.24) is 0 Å². The van der Waals surface area contributed by atoms with Crippen molar-refractivity contribution < 1.29 is 14.3 Å². The molecule has 1 amide bonds. The molecule has 4 nitrogen and oxygen atoms in total. The highest BCUT2D eigenvalue weighted by atomic mass is 16.5. The van der Waals surface area contributed by atoms with Gasteiger partial charge >= 0.3 is 6.09 Å². The minimum Gasteiger partial charge on any atom is -0.489 e. The maximum atomic E-state index is 11.4. The smallest absolute Gasteiger partial charge is 0.411 e. The first-order chi connectivity index (χ1) is 10.5. The minimum absolute atomic E-state index is 0.380. The highest BCUT2D eigenvalue weighted by Crippen LogP contribution is 2.23. The maximum Gasteiger partial charge on any atom is 0.411 e. The number of amides is 1. The zero-order chi connectivity index (χ0) is 16.1. The molecule has 1 N–H and O–H groups in total. The molecule has 0 aliphatic carbocycles. The standard InChI is InChI=1S/C18H21NO3/c1-12-6-8-17(14(3)9-12)22-11-15-10-13(2)5-7-16(15)19-18(20)21-4/h5-10H,11H2,1-4H3,(H,19,20). The van der Waals surface area contributed by atoms with Gasteiger partial charge in [-0.2, -0.15) is 0 Å². The van der Waals surface area contributed by atoms with Gasteiger partial charge in [0.05, 0.1) is 12.8 Å². The van der Waals surface area contributed by atoms with Gasteiger partial charge in [0.1, 0.15) is 12.4 Å². The second-order valence-electron chi connectivity index (χ2n) is 5.33. The van der Waals surface area contributed by atoms with E-state index in [0.717, 1.165) is 22.4 Å². The summed E-state index contributed by atoms with van der Waals surface area (Å²) in [6.07, 6.45) is -0.489. The number of ether oxygens (including phenoxy) is 2. The molecule has 0 unspecified atom stereocenters. The van der Waals surface area contributed by atoms with Crippen molar-refractivity contribution in [3.05, 3.63) is 58.7 Å². The van der Waals surface area contributed by atoms with Crippen LogP contribution in [-0.2, 0) is 11.3 Å². The van der Waals surface area contributed by atoms with Gasteiger partial charge in [0.15, 0.2) is 0 Å². The topological polar surface area (TPSA) is 47.6 Å². The van der Waals surface area contributed by atoms with E-state index in [9.17, 15) is 4.79 Å². The van der Waals surface area contributed by atoms with Gasteiger partial charge in [-0.15, -0.1) is 0 Å². The monoisotopic (exact) mass is 299 g/mol. The number of carbonyl (C=O) groups excluding carboxylic acids is 1. The Balaban J connectivity index is 2.17. The summed E-state index contributed by atoms with van der Waals surface area (Å²) >= 11 is 0. The predicted octanol–water partition coefficient (Wildman–Crippen LogP) is 4.37. The first-order valence-electron chi connectivity index (χ1n) is 7.14. The second kappa shape index (κ2) is 6.98. The van der Waals surface area contributed by atoms with Gasteiger partial charge in [-0.05, 0) is 38.5 Å². The van der Waals surface area contributed by atoms with Gasteiger partial charge < -0.3 is 9.47 Å². The SMILES string of the molecule is COC(=O)Nc1ccc(C)cc1COc1ccc(C)cc1C. The third kappa shape index (κ3) is 4.01.